The van der Waals surface area contributed by atoms with E-state index in [9.17, 15) is 4.79 Å². The Kier molecular flexibility index (Phi) is 6.53. The number of benzene rings is 3. The lowest BCUT2D eigenvalue weighted by Crippen LogP contribution is -2.29. The van der Waals surface area contributed by atoms with Gasteiger partial charge in [0.25, 0.3) is 0 Å². The highest BCUT2D eigenvalue weighted by molar-refractivity contribution is 6.03. The molecule has 1 aliphatic heterocycles. The average Bonchev–Trinajstić information content (AvgIpc) is 3.27. The van der Waals surface area contributed by atoms with Crippen LogP contribution in [0.4, 0.5) is 5.95 Å². The highest BCUT2D eigenvalue weighted by Crippen LogP contribution is 2.42. The molecule has 2 heterocycles. The molecule has 6 heteroatoms. The van der Waals surface area contributed by atoms with Crippen molar-refractivity contribution >= 4 is 28.6 Å². The molecule has 1 aromatic heterocycles. The molecule has 5 rings (SSSR count). The number of imidazole rings is 1. The number of unbranched alkanes of at least 4 members (excludes halogenated alkanes) is 1. The van der Waals surface area contributed by atoms with E-state index in [-0.39, 0.29) is 12.6 Å². The number of carbonyl (C=O) groups is 1. The molecule has 0 spiro atoms. The van der Waals surface area contributed by atoms with Crippen molar-refractivity contribution in [1.82, 2.24) is 9.55 Å². The Hall–Kier alpha value is -4.06. The summed E-state index contributed by atoms with van der Waals surface area (Å²) < 4.78 is 13.7. The molecule has 0 saturated carbocycles. The molecule has 35 heavy (non-hydrogen) atoms. The summed E-state index contributed by atoms with van der Waals surface area (Å²) >= 11 is 0. The van der Waals surface area contributed by atoms with Crippen LogP contribution in [-0.4, -0.2) is 28.7 Å². The number of anilines is 1. The zero-order chi connectivity index (χ0) is 24.2. The van der Waals surface area contributed by atoms with E-state index in [1.54, 1.807) is 0 Å². The van der Waals surface area contributed by atoms with Gasteiger partial charge in [0.15, 0.2) is 0 Å². The highest BCUT2D eigenvalue weighted by atomic mass is 16.5. The Morgan fingerprint density at radius 1 is 1.00 bits per heavy atom. The van der Waals surface area contributed by atoms with Gasteiger partial charge in [0.2, 0.25) is 5.95 Å². The van der Waals surface area contributed by atoms with Crippen LogP contribution in [0, 0.1) is 0 Å². The first kappa shape index (κ1) is 22.7. The highest BCUT2D eigenvalue weighted by Gasteiger charge is 2.36. The number of para-hydroxylation sites is 2. The summed E-state index contributed by atoms with van der Waals surface area (Å²) in [4.78, 5) is 18.4. The molecule has 1 atom stereocenters. The van der Waals surface area contributed by atoms with Crippen LogP contribution in [0.2, 0.25) is 0 Å². The number of fused-ring (bicyclic) bond motifs is 3. The molecule has 1 N–H and O–H groups in total. The second kappa shape index (κ2) is 10.1. The van der Waals surface area contributed by atoms with Gasteiger partial charge in [-0.3, -0.25) is 4.57 Å². The minimum Gasteiger partial charge on any atom is -0.494 e. The minimum atomic E-state index is -0.442. The summed E-state index contributed by atoms with van der Waals surface area (Å²) in [6, 6.07) is 25.4. The van der Waals surface area contributed by atoms with Gasteiger partial charge in [-0.25, -0.2) is 9.78 Å². The summed E-state index contributed by atoms with van der Waals surface area (Å²) in [7, 11) is 0. The van der Waals surface area contributed by atoms with Gasteiger partial charge in [-0.1, -0.05) is 67.9 Å². The standard InChI is InChI=1S/C29H29N3O3/c1-3-5-18-35-22-15-11-14-21(19-22)27-25(28(33)34-4-2)26(20-12-7-6-8-13-20)31-29-30-23-16-9-10-17-24(23)32(27)29/h6-17,19,27H,3-5,18H2,1-2H3,(H,30,31)/t27-/m1/s1. The fourth-order valence-corrected chi connectivity index (χ4v) is 4.52. The number of nitrogens with zero attached hydrogens (tertiary/aromatic N) is 2. The van der Waals surface area contributed by atoms with E-state index in [2.05, 4.69) is 16.8 Å². The summed E-state index contributed by atoms with van der Waals surface area (Å²) in [5.74, 6) is 1.11. The van der Waals surface area contributed by atoms with Crippen LogP contribution in [0.1, 0.15) is 43.9 Å². The van der Waals surface area contributed by atoms with Crippen LogP contribution in [0.25, 0.3) is 16.7 Å². The van der Waals surface area contributed by atoms with Crippen LogP contribution < -0.4 is 10.1 Å². The Balaban J connectivity index is 1.74. The van der Waals surface area contributed by atoms with Gasteiger partial charge in [0.1, 0.15) is 5.75 Å². The molecule has 0 saturated heterocycles. The van der Waals surface area contributed by atoms with E-state index < -0.39 is 6.04 Å². The Labute approximate surface area is 205 Å². The van der Waals surface area contributed by atoms with Crippen molar-refractivity contribution < 1.29 is 14.3 Å². The van der Waals surface area contributed by atoms with Gasteiger partial charge < -0.3 is 14.8 Å². The predicted octanol–water partition coefficient (Wildman–Crippen LogP) is 6.20. The summed E-state index contributed by atoms with van der Waals surface area (Å²) in [6.45, 7) is 4.91. The Morgan fingerprint density at radius 2 is 1.80 bits per heavy atom. The molecule has 1 aliphatic rings. The number of nitrogens with one attached hydrogen (secondary N) is 1. The van der Waals surface area contributed by atoms with Crippen LogP contribution in [0.3, 0.4) is 0 Å². The number of ether oxygens (including phenoxy) is 2. The lowest BCUT2D eigenvalue weighted by Gasteiger charge is -2.31. The SMILES string of the molecule is CCCCOc1cccc([C@@H]2C(C(=O)OCC)=C(c3ccccc3)Nc3nc4ccccc4n32)c1. The van der Waals surface area contributed by atoms with Crippen LogP contribution >= 0.6 is 0 Å². The minimum absolute atomic E-state index is 0.287. The zero-order valence-corrected chi connectivity index (χ0v) is 20.0. The quantitative estimate of drug-likeness (QED) is 0.247. The third kappa shape index (κ3) is 4.39. The summed E-state index contributed by atoms with van der Waals surface area (Å²) in [6.07, 6.45) is 2.05. The second-order valence-electron chi connectivity index (χ2n) is 8.47. The topological polar surface area (TPSA) is 65.4 Å². The maximum atomic E-state index is 13.5. The van der Waals surface area contributed by atoms with Crippen molar-refractivity contribution in [3.8, 4) is 5.75 Å². The summed E-state index contributed by atoms with van der Waals surface area (Å²) in [5.41, 5.74) is 4.86. The van der Waals surface area contributed by atoms with E-state index in [1.807, 2.05) is 85.8 Å². The first-order valence-corrected chi connectivity index (χ1v) is 12.1. The number of carbonyl (C=O) groups excluding carboxylic acids is 1. The molecule has 0 fully saturated rings. The number of hydrogen-bond acceptors (Lipinski definition) is 5. The van der Waals surface area contributed by atoms with Crippen LogP contribution in [-0.2, 0) is 9.53 Å². The maximum absolute atomic E-state index is 13.5. The third-order valence-corrected chi connectivity index (χ3v) is 6.13. The number of esters is 1. The van der Waals surface area contributed by atoms with E-state index in [4.69, 9.17) is 14.5 Å². The number of rotatable bonds is 8. The largest absolute Gasteiger partial charge is 0.494 e. The maximum Gasteiger partial charge on any atom is 0.338 e. The van der Waals surface area contributed by atoms with E-state index in [0.717, 1.165) is 40.8 Å². The third-order valence-electron chi connectivity index (χ3n) is 6.13. The van der Waals surface area contributed by atoms with Crippen molar-refractivity contribution in [2.75, 3.05) is 18.5 Å². The molecule has 4 aromatic rings. The molecule has 0 amide bonds. The smallest absolute Gasteiger partial charge is 0.338 e. The molecule has 6 nitrogen and oxygen atoms in total. The van der Waals surface area contributed by atoms with Gasteiger partial charge in [0, 0.05) is 0 Å². The molecular formula is C29H29N3O3. The lowest BCUT2D eigenvalue weighted by atomic mass is 9.92. The van der Waals surface area contributed by atoms with E-state index in [1.165, 1.54) is 0 Å². The normalized spacial score (nSPS) is 15.0. The van der Waals surface area contributed by atoms with Crippen molar-refractivity contribution in [2.24, 2.45) is 0 Å². The van der Waals surface area contributed by atoms with E-state index >= 15 is 0 Å². The Morgan fingerprint density at radius 3 is 2.60 bits per heavy atom. The molecule has 0 aliphatic carbocycles. The zero-order valence-electron chi connectivity index (χ0n) is 20.0. The van der Waals surface area contributed by atoms with Gasteiger partial charge in [0.05, 0.1) is 41.6 Å². The van der Waals surface area contributed by atoms with Gasteiger partial charge >= 0.3 is 5.97 Å². The summed E-state index contributed by atoms with van der Waals surface area (Å²) in [5, 5.41) is 3.45. The fourth-order valence-electron chi connectivity index (χ4n) is 4.52. The molecule has 0 radical (unpaired) electrons. The van der Waals surface area contributed by atoms with Crippen LogP contribution in [0.15, 0.2) is 84.4 Å². The van der Waals surface area contributed by atoms with Crippen molar-refractivity contribution in [2.45, 2.75) is 32.7 Å². The van der Waals surface area contributed by atoms with Crippen molar-refractivity contribution in [3.05, 3.63) is 95.6 Å². The fraction of sp³-hybridized carbons (Fsp3) is 0.241. The monoisotopic (exact) mass is 467 g/mol. The molecular weight excluding hydrogens is 438 g/mol. The first-order chi connectivity index (χ1) is 17.2. The van der Waals surface area contributed by atoms with E-state index in [0.29, 0.717) is 23.8 Å². The Bertz CT molecular complexity index is 1370. The molecule has 178 valence electrons. The lowest BCUT2D eigenvalue weighted by molar-refractivity contribution is -0.138. The second-order valence-corrected chi connectivity index (χ2v) is 8.47. The van der Waals surface area contributed by atoms with Crippen molar-refractivity contribution in [1.29, 1.82) is 0 Å². The van der Waals surface area contributed by atoms with Gasteiger partial charge in [-0.05, 0) is 48.7 Å². The first-order valence-electron chi connectivity index (χ1n) is 12.1. The number of aromatic nitrogens is 2. The van der Waals surface area contributed by atoms with Crippen LogP contribution in [0.5, 0.6) is 5.75 Å². The molecule has 3 aromatic carbocycles. The predicted molar refractivity (Wildman–Crippen MR) is 138 cm³/mol. The molecule has 0 unspecified atom stereocenters. The van der Waals surface area contributed by atoms with Crippen molar-refractivity contribution in [3.63, 3.8) is 0 Å². The van der Waals surface area contributed by atoms with Gasteiger partial charge in [-0.15, -0.1) is 0 Å². The molecule has 0 bridgehead atoms. The average molecular weight is 468 g/mol. The number of hydrogen-bond donors (Lipinski definition) is 1. The van der Waals surface area contributed by atoms with Gasteiger partial charge in [-0.2, -0.15) is 0 Å².